The number of carbonyl (C=O) groups is 3. The number of esters is 1. The van der Waals surface area contributed by atoms with Gasteiger partial charge in [-0.3, -0.25) is 4.79 Å². The molecule has 0 aliphatic heterocycles. The fraction of sp³-hybridized carbons (Fsp3) is 0.250. The maximum absolute atomic E-state index is 13.0. The number of hydrogen-bond donors (Lipinski definition) is 1. The van der Waals surface area contributed by atoms with Crippen molar-refractivity contribution in [3.8, 4) is 5.75 Å². The first kappa shape index (κ1) is 24.0. The molecule has 166 valence electrons. The van der Waals surface area contributed by atoms with Gasteiger partial charge < -0.3 is 14.7 Å². The van der Waals surface area contributed by atoms with E-state index in [2.05, 4.69) is 4.74 Å². The molecule has 0 radical (unpaired) electrons. The van der Waals surface area contributed by atoms with Crippen LogP contribution in [0.2, 0.25) is 5.02 Å². The third-order valence-electron chi connectivity index (χ3n) is 4.05. The number of phenols is 1. The summed E-state index contributed by atoms with van der Waals surface area (Å²) in [5.74, 6) is -3.14. The Morgan fingerprint density at radius 3 is 2.39 bits per heavy atom. The smallest absolute Gasteiger partial charge is 0.416 e. The first-order chi connectivity index (χ1) is 14.5. The van der Waals surface area contributed by atoms with Crippen LogP contribution in [0.1, 0.15) is 34.8 Å². The molecule has 0 spiro atoms. The summed E-state index contributed by atoms with van der Waals surface area (Å²) in [6, 6.07) is 6.88. The summed E-state index contributed by atoms with van der Waals surface area (Å²) in [6.07, 6.45) is -5.54. The summed E-state index contributed by atoms with van der Waals surface area (Å²) in [7, 11) is 1.12. The zero-order valence-corrected chi connectivity index (χ0v) is 17.1. The third kappa shape index (κ3) is 5.88. The van der Waals surface area contributed by atoms with Crippen molar-refractivity contribution in [3.63, 3.8) is 0 Å². The van der Waals surface area contributed by atoms with E-state index in [1.165, 1.54) is 24.3 Å². The van der Waals surface area contributed by atoms with Crippen LogP contribution in [0.5, 0.6) is 5.75 Å². The number of anilines is 1. The lowest BCUT2D eigenvalue weighted by atomic mass is 10.0. The zero-order chi connectivity index (χ0) is 23.3. The maximum Gasteiger partial charge on any atom is 0.416 e. The number of halogens is 4. The number of alkyl halides is 3. The van der Waals surface area contributed by atoms with Gasteiger partial charge in [0.05, 0.1) is 28.9 Å². The molecule has 2 aromatic carbocycles. The predicted octanol–water partition coefficient (Wildman–Crippen LogP) is 4.29. The Hall–Kier alpha value is -3.27. The quantitative estimate of drug-likeness (QED) is 0.529. The van der Waals surface area contributed by atoms with Gasteiger partial charge in [0, 0.05) is 13.3 Å². The fourth-order valence-corrected chi connectivity index (χ4v) is 2.89. The van der Waals surface area contributed by atoms with Gasteiger partial charge in [-0.05, 0) is 36.2 Å². The Labute approximate surface area is 179 Å². The number of phenolic OH excluding ortho intramolecular Hbond substituents is 1. The van der Waals surface area contributed by atoms with E-state index in [4.69, 9.17) is 16.4 Å². The molecule has 0 fully saturated rings. The average Bonchev–Trinajstić information content (AvgIpc) is 2.71. The standard InChI is InChI=1S/C20H17ClF3NO6/c1-11(26)31-25(16-6-4-3-5-14(16)19(29)30-2)17(27)8-7-12-9-13(20(22,23)24)10-15(21)18(12)28/h3-6,9-10,28H,7-8H2,1-2H3. The van der Waals surface area contributed by atoms with Crippen LogP contribution in [-0.2, 0) is 31.8 Å². The lowest BCUT2D eigenvalue weighted by Crippen LogP contribution is -2.34. The molecule has 0 saturated carbocycles. The molecular weight excluding hydrogens is 443 g/mol. The van der Waals surface area contributed by atoms with Crippen molar-refractivity contribution in [1.29, 1.82) is 0 Å². The van der Waals surface area contributed by atoms with Crippen LogP contribution in [-0.4, -0.2) is 30.1 Å². The summed E-state index contributed by atoms with van der Waals surface area (Å²) in [6.45, 7) is 1.03. The Bertz CT molecular complexity index is 1010. The van der Waals surface area contributed by atoms with Crippen molar-refractivity contribution in [3.05, 3.63) is 58.1 Å². The summed E-state index contributed by atoms with van der Waals surface area (Å²) < 4.78 is 43.7. The maximum atomic E-state index is 13.0. The van der Waals surface area contributed by atoms with Gasteiger partial charge in [0.25, 0.3) is 5.91 Å². The molecule has 0 aliphatic carbocycles. The summed E-state index contributed by atoms with van der Waals surface area (Å²) in [4.78, 5) is 41.2. The Morgan fingerprint density at radius 1 is 1.16 bits per heavy atom. The molecule has 11 heteroatoms. The molecule has 1 N–H and O–H groups in total. The highest BCUT2D eigenvalue weighted by atomic mass is 35.5. The van der Waals surface area contributed by atoms with Crippen LogP contribution >= 0.6 is 11.6 Å². The van der Waals surface area contributed by atoms with Gasteiger partial charge in [0.1, 0.15) is 5.75 Å². The van der Waals surface area contributed by atoms with E-state index < -0.39 is 46.8 Å². The SMILES string of the molecule is COC(=O)c1ccccc1N(OC(C)=O)C(=O)CCc1cc(C(F)(F)F)cc(Cl)c1O. The molecule has 1 amide bonds. The van der Waals surface area contributed by atoms with E-state index in [1.807, 2.05) is 0 Å². The molecule has 0 bridgehead atoms. The largest absolute Gasteiger partial charge is 0.506 e. The predicted molar refractivity (Wildman–Crippen MR) is 103 cm³/mol. The highest BCUT2D eigenvalue weighted by Gasteiger charge is 2.32. The van der Waals surface area contributed by atoms with Gasteiger partial charge in [-0.2, -0.15) is 13.2 Å². The van der Waals surface area contributed by atoms with Gasteiger partial charge in [0.2, 0.25) is 0 Å². The molecule has 31 heavy (non-hydrogen) atoms. The van der Waals surface area contributed by atoms with E-state index in [9.17, 15) is 32.7 Å². The first-order valence-electron chi connectivity index (χ1n) is 8.73. The molecule has 2 aromatic rings. The third-order valence-corrected chi connectivity index (χ3v) is 4.34. The summed E-state index contributed by atoms with van der Waals surface area (Å²) in [5.41, 5.74) is -1.49. The number of amides is 1. The number of aryl methyl sites for hydroxylation is 1. The Kier molecular flexibility index (Phi) is 7.50. The molecule has 0 aliphatic rings. The van der Waals surface area contributed by atoms with Gasteiger partial charge in [-0.25, -0.2) is 9.59 Å². The zero-order valence-electron chi connectivity index (χ0n) is 16.3. The molecule has 0 atom stereocenters. The molecule has 0 aromatic heterocycles. The number of nitrogens with zero attached hydrogens (tertiary/aromatic N) is 1. The number of rotatable bonds is 5. The van der Waals surface area contributed by atoms with Crippen molar-refractivity contribution >= 4 is 35.1 Å². The fourth-order valence-electron chi connectivity index (χ4n) is 2.65. The number of para-hydroxylation sites is 1. The molecule has 2 rings (SSSR count). The topological polar surface area (TPSA) is 93.1 Å². The van der Waals surface area contributed by atoms with Crippen LogP contribution in [0, 0.1) is 0 Å². The van der Waals surface area contributed by atoms with Gasteiger partial charge in [-0.1, -0.05) is 23.7 Å². The van der Waals surface area contributed by atoms with E-state index in [0.717, 1.165) is 14.0 Å². The second-order valence-electron chi connectivity index (χ2n) is 6.24. The Balaban J connectivity index is 2.35. The average molecular weight is 460 g/mol. The normalized spacial score (nSPS) is 11.0. The van der Waals surface area contributed by atoms with Crippen molar-refractivity contribution < 1.29 is 42.2 Å². The molecule has 0 unspecified atom stereocenters. The minimum atomic E-state index is -4.71. The number of carbonyl (C=O) groups excluding carboxylic acids is 3. The van der Waals surface area contributed by atoms with E-state index in [0.29, 0.717) is 17.2 Å². The van der Waals surface area contributed by atoms with Crippen LogP contribution in [0.4, 0.5) is 18.9 Å². The van der Waals surface area contributed by atoms with Crippen LogP contribution in [0.15, 0.2) is 36.4 Å². The molecule has 0 saturated heterocycles. The molecule has 7 nitrogen and oxygen atoms in total. The Morgan fingerprint density at radius 2 is 1.81 bits per heavy atom. The number of hydroxylamine groups is 1. The van der Waals surface area contributed by atoms with Crippen molar-refractivity contribution in [2.24, 2.45) is 0 Å². The number of benzene rings is 2. The van der Waals surface area contributed by atoms with Gasteiger partial charge in [0.15, 0.2) is 0 Å². The van der Waals surface area contributed by atoms with Crippen LogP contribution in [0.25, 0.3) is 0 Å². The van der Waals surface area contributed by atoms with E-state index >= 15 is 0 Å². The van der Waals surface area contributed by atoms with E-state index in [1.54, 1.807) is 0 Å². The van der Waals surface area contributed by atoms with Crippen LogP contribution < -0.4 is 5.06 Å². The number of ether oxygens (including phenoxy) is 1. The second-order valence-corrected chi connectivity index (χ2v) is 6.65. The highest BCUT2D eigenvalue weighted by Crippen LogP contribution is 2.37. The second kappa shape index (κ2) is 9.69. The monoisotopic (exact) mass is 459 g/mol. The van der Waals surface area contributed by atoms with E-state index in [-0.39, 0.29) is 23.2 Å². The number of methoxy groups -OCH3 is 1. The first-order valence-corrected chi connectivity index (χ1v) is 9.11. The molecular formula is C20H17ClF3NO6. The molecule has 0 heterocycles. The van der Waals surface area contributed by atoms with Crippen molar-refractivity contribution in [2.75, 3.05) is 12.2 Å². The highest BCUT2D eigenvalue weighted by molar-refractivity contribution is 6.32. The van der Waals surface area contributed by atoms with Crippen molar-refractivity contribution in [2.45, 2.75) is 25.9 Å². The number of hydrogen-bond acceptors (Lipinski definition) is 6. The van der Waals surface area contributed by atoms with Crippen LogP contribution in [0.3, 0.4) is 0 Å². The minimum absolute atomic E-state index is 0.0791. The minimum Gasteiger partial charge on any atom is -0.506 e. The number of aromatic hydroxyl groups is 1. The summed E-state index contributed by atoms with van der Waals surface area (Å²) >= 11 is 5.67. The van der Waals surface area contributed by atoms with Gasteiger partial charge >= 0.3 is 18.1 Å². The summed E-state index contributed by atoms with van der Waals surface area (Å²) in [5, 5.41) is 10.0. The lowest BCUT2D eigenvalue weighted by Gasteiger charge is -2.22. The van der Waals surface area contributed by atoms with Crippen molar-refractivity contribution in [1.82, 2.24) is 0 Å². The van der Waals surface area contributed by atoms with Gasteiger partial charge in [-0.15, -0.1) is 5.06 Å². The lowest BCUT2D eigenvalue weighted by molar-refractivity contribution is -0.148.